The van der Waals surface area contributed by atoms with E-state index in [4.69, 9.17) is 9.47 Å². The van der Waals surface area contributed by atoms with Crippen LogP contribution in [-0.2, 0) is 35.7 Å². The Balaban J connectivity index is 1.53. The molecular formula is C23H32N4O2. The molecule has 6 heteroatoms. The molecule has 0 radical (unpaired) electrons. The van der Waals surface area contributed by atoms with Crippen molar-refractivity contribution in [2.75, 3.05) is 40.5 Å². The summed E-state index contributed by atoms with van der Waals surface area (Å²) in [6.45, 7) is 6.67. The fourth-order valence-corrected chi connectivity index (χ4v) is 3.47. The van der Waals surface area contributed by atoms with E-state index in [2.05, 4.69) is 69.1 Å². The van der Waals surface area contributed by atoms with Crippen molar-refractivity contribution in [3.05, 3.63) is 70.8 Å². The van der Waals surface area contributed by atoms with Gasteiger partial charge in [0.15, 0.2) is 5.96 Å². The van der Waals surface area contributed by atoms with E-state index in [1.165, 1.54) is 22.3 Å². The van der Waals surface area contributed by atoms with Crippen LogP contribution >= 0.6 is 0 Å². The maximum atomic E-state index is 5.46. The van der Waals surface area contributed by atoms with Gasteiger partial charge in [0.25, 0.3) is 0 Å². The highest BCUT2D eigenvalue weighted by molar-refractivity contribution is 5.79. The third kappa shape index (κ3) is 6.85. The second-order valence-corrected chi connectivity index (χ2v) is 7.19. The summed E-state index contributed by atoms with van der Waals surface area (Å²) >= 11 is 0. The van der Waals surface area contributed by atoms with Gasteiger partial charge in [0.05, 0.1) is 19.8 Å². The molecule has 0 saturated carbocycles. The lowest BCUT2D eigenvalue weighted by molar-refractivity contribution is 0.0341. The normalized spacial score (nSPS) is 15.3. The molecular weight excluding hydrogens is 364 g/mol. The molecule has 1 fully saturated rings. The molecule has 0 unspecified atom stereocenters. The Hall–Kier alpha value is -2.41. The average molecular weight is 397 g/mol. The topological polar surface area (TPSA) is 58.1 Å². The van der Waals surface area contributed by atoms with Crippen LogP contribution in [0.5, 0.6) is 0 Å². The molecule has 1 aliphatic heterocycles. The quantitative estimate of drug-likeness (QED) is 0.530. The molecule has 156 valence electrons. The maximum Gasteiger partial charge on any atom is 0.191 e. The summed E-state index contributed by atoms with van der Waals surface area (Å²) in [5.74, 6) is 0.795. The summed E-state index contributed by atoms with van der Waals surface area (Å²) in [4.78, 5) is 6.81. The number of methoxy groups -OCH3 is 1. The Labute approximate surface area is 173 Å². The molecule has 2 aromatic rings. The van der Waals surface area contributed by atoms with E-state index in [1.807, 2.05) is 0 Å². The van der Waals surface area contributed by atoms with Crippen LogP contribution in [0.1, 0.15) is 22.3 Å². The molecule has 0 spiro atoms. The van der Waals surface area contributed by atoms with E-state index < -0.39 is 0 Å². The monoisotopic (exact) mass is 396 g/mol. The van der Waals surface area contributed by atoms with Gasteiger partial charge in [-0.05, 0) is 22.3 Å². The van der Waals surface area contributed by atoms with Crippen LogP contribution in [-0.4, -0.2) is 51.3 Å². The lowest BCUT2D eigenvalue weighted by Crippen LogP contribution is -2.37. The van der Waals surface area contributed by atoms with Crippen molar-refractivity contribution in [3.63, 3.8) is 0 Å². The zero-order valence-corrected chi connectivity index (χ0v) is 17.5. The van der Waals surface area contributed by atoms with Crippen LogP contribution in [0.25, 0.3) is 0 Å². The first-order valence-corrected chi connectivity index (χ1v) is 10.2. The van der Waals surface area contributed by atoms with Crippen molar-refractivity contribution >= 4 is 5.96 Å². The van der Waals surface area contributed by atoms with Crippen LogP contribution < -0.4 is 10.6 Å². The predicted molar refractivity (Wildman–Crippen MR) is 117 cm³/mol. The highest BCUT2D eigenvalue weighted by Gasteiger charge is 2.12. The molecule has 2 N–H and O–H groups in total. The number of morpholine rings is 1. The first-order valence-electron chi connectivity index (χ1n) is 10.2. The Kier molecular flexibility index (Phi) is 8.49. The molecule has 1 heterocycles. The third-order valence-corrected chi connectivity index (χ3v) is 5.05. The van der Waals surface area contributed by atoms with Crippen molar-refractivity contribution in [3.8, 4) is 0 Å². The number of hydrogen-bond acceptors (Lipinski definition) is 4. The molecule has 2 aromatic carbocycles. The van der Waals surface area contributed by atoms with Crippen LogP contribution in [0.15, 0.2) is 53.5 Å². The van der Waals surface area contributed by atoms with Gasteiger partial charge in [-0.1, -0.05) is 48.5 Å². The minimum atomic E-state index is 0.626. The van der Waals surface area contributed by atoms with E-state index in [-0.39, 0.29) is 0 Å². The zero-order chi connectivity index (χ0) is 20.3. The molecule has 6 nitrogen and oxygen atoms in total. The first kappa shape index (κ1) is 21.3. The summed E-state index contributed by atoms with van der Waals surface area (Å²) in [6.07, 6.45) is 0. The Morgan fingerprint density at radius 2 is 1.72 bits per heavy atom. The van der Waals surface area contributed by atoms with Crippen LogP contribution in [0.3, 0.4) is 0 Å². The molecule has 1 saturated heterocycles. The van der Waals surface area contributed by atoms with E-state index in [0.29, 0.717) is 13.2 Å². The summed E-state index contributed by atoms with van der Waals surface area (Å²) in [6, 6.07) is 17.0. The number of benzene rings is 2. The second-order valence-electron chi connectivity index (χ2n) is 7.19. The first-order chi connectivity index (χ1) is 14.3. The van der Waals surface area contributed by atoms with E-state index >= 15 is 0 Å². The smallest absolute Gasteiger partial charge is 0.191 e. The number of hydrogen-bond donors (Lipinski definition) is 2. The number of guanidine groups is 1. The zero-order valence-electron chi connectivity index (χ0n) is 17.5. The second kappa shape index (κ2) is 11.6. The lowest BCUT2D eigenvalue weighted by atomic mass is 10.1. The van der Waals surface area contributed by atoms with Crippen molar-refractivity contribution in [2.24, 2.45) is 4.99 Å². The molecule has 3 rings (SSSR count). The predicted octanol–water partition coefficient (Wildman–Crippen LogP) is 2.53. The van der Waals surface area contributed by atoms with Crippen molar-refractivity contribution in [1.29, 1.82) is 0 Å². The van der Waals surface area contributed by atoms with Crippen LogP contribution in [0, 0.1) is 0 Å². The number of rotatable bonds is 8. The molecule has 0 aromatic heterocycles. The minimum absolute atomic E-state index is 0.626. The summed E-state index contributed by atoms with van der Waals surface area (Å²) in [5.41, 5.74) is 5.02. The number of ether oxygens (including phenoxy) is 2. The van der Waals surface area contributed by atoms with Crippen LogP contribution in [0.4, 0.5) is 0 Å². The fraction of sp³-hybridized carbons (Fsp3) is 0.435. The Bertz CT molecular complexity index is 788. The lowest BCUT2D eigenvalue weighted by Gasteiger charge is -2.27. The van der Waals surface area contributed by atoms with Gasteiger partial charge in [-0.25, -0.2) is 0 Å². The molecule has 0 amide bonds. The van der Waals surface area contributed by atoms with Gasteiger partial charge in [-0.3, -0.25) is 9.89 Å². The van der Waals surface area contributed by atoms with Gasteiger partial charge >= 0.3 is 0 Å². The third-order valence-electron chi connectivity index (χ3n) is 5.05. The summed E-state index contributed by atoms with van der Waals surface area (Å²) in [7, 11) is 3.52. The SMILES string of the molecule is CN=C(NCc1cccc(COC)c1)NCc1ccccc1CN1CCOCC1. The van der Waals surface area contributed by atoms with Crippen LogP contribution in [0.2, 0.25) is 0 Å². The highest BCUT2D eigenvalue weighted by Crippen LogP contribution is 2.13. The highest BCUT2D eigenvalue weighted by atomic mass is 16.5. The van der Waals surface area contributed by atoms with Gasteiger partial charge in [-0.2, -0.15) is 0 Å². The average Bonchev–Trinajstić information content (AvgIpc) is 2.76. The van der Waals surface area contributed by atoms with E-state index in [9.17, 15) is 0 Å². The van der Waals surface area contributed by atoms with E-state index in [1.54, 1.807) is 14.2 Å². The Morgan fingerprint density at radius 3 is 2.48 bits per heavy atom. The van der Waals surface area contributed by atoms with E-state index in [0.717, 1.165) is 45.4 Å². The Morgan fingerprint density at radius 1 is 1.00 bits per heavy atom. The molecule has 0 aliphatic carbocycles. The van der Waals surface area contributed by atoms with Crippen molar-refractivity contribution in [2.45, 2.75) is 26.2 Å². The number of nitrogens with one attached hydrogen (secondary N) is 2. The molecule has 0 atom stereocenters. The molecule has 1 aliphatic rings. The number of aliphatic imine (C=N–C) groups is 1. The van der Waals surface area contributed by atoms with Gasteiger partial charge in [0, 0.05) is 46.9 Å². The van der Waals surface area contributed by atoms with Gasteiger partial charge in [0.1, 0.15) is 0 Å². The van der Waals surface area contributed by atoms with Gasteiger partial charge in [-0.15, -0.1) is 0 Å². The number of nitrogens with zero attached hydrogens (tertiary/aromatic N) is 2. The van der Waals surface area contributed by atoms with Crippen molar-refractivity contribution < 1.29 is 9.47 Å². The standard InChI is InChI=1S/C23H32N4O2/c1-24-23(25-15-19-6-5-7-20(14-19)18-28-2)26-16-21-8-3-4-9-22(21)17-27-10-12-29-13-11-27/h3-9,14H,10-13,15-18H2,1-2H3,(H2,24,25,26). The van der Waals surface area contributed by atoms with Gasteiger partial charge in [0.2, 0.25) is 0 Å². The summed E-state index contributed by atoms with van der Waals surface area (Å²) in [5, 5.41) is 6.84. The largest absolute Gasteiger partial charge is 0.380 e. The van der Waals surface area contributed by atoms with Crippen molar-refractivity contribution in [1.82, 2.24) is 15.5 Å². The fourth-order valence-electron chi connectivity index (χ4n) is 3.47. The molecule has 29 heavy (non-hydrogen) atoms. The molecule has 0 bridgehead atoms. The minimum Gasteiger partial charge on any atom is -0.380 e. The van der Waals surface area contributed by atoms with Gasteiger partial charge < -0.3 is 20.1 Å². The maximum absolute atomic E-state index is 5.46. The summed E-state index contributed by atoms with van der Waals surface area (Å²) < 4.78 is 10.7.